The largest absolute Gasteiger partial charge is 0.453 e. The normalized spacial score (nSPS) is 23.6. The highest BCUT2D eigenvalue weighted by Crippen LogP contribution is 2.53. The Morgan fingerprint density at radius 2 is 1.68 bits per heavy atom. The number of carbonyl (C=O) groups is 2. The molecule has 0 unspecified atom stereocenters. The lowest BCUT2D eigenvalue weighted by Crippen LogP contribution is -2.56. The van der Waals surface area contributed by atoms with E-state index < -0.39 is 24.2 Å². The van der Waals surface area contributed by atoms with Gasteiger partial charge in [0.25, 0.3) is 5.92 Å². The zero-order valence-corrected chi connectivity index (χ0v) is 29.7. The number of alkyl carbamates (subject to hydrolysis) is 1. The molecule has 13 heteroatoms. The summed E-state index contributed by atoms with van der Waals surface area (Å²) in [4.78, 5) is 44.4. The van der Waals surface area contributed by atoms with Crippen molar-refractivity contribution in [2.45, 2.75) is 75.2 Å². The summed E-state index contributed by atoms with van der Waals surface area (Å²) in [5, 5.41) is 6.08. The summed E-state index contributed by atoms with van der Waals surface area (Å²) in [5.74, 6) is -1.72. The molecular formula is C40H41F2N7O4. The number of likely N-dealkylation sites (tertiary alicyclic amines) is 1. The Labute approximate surface area is 304 Å². The lowest BCUT2D eigenvalue weighted by molar-refractivity contribution is -0.141. The highest BCUT2D eigenvalue weighted by atomic mass is 19.3. The number of hydrogen-bond donors (Lipinski definition) is 4. The number of methoxy groups -OCH3 is 2. The van der Waals surface area contributed by atoms with E-state index in [2.05, 4.69) is 25.6 Å². The number of aromatic nitrogens is 4. The molecule has 0 radical (unpaired) electrons. The first-order valence-electron chi connectivity index (χ1n) is 18.3. The number of hydrogen-bond acceptors (Lipinski definition) is 7. The van der Waals surface area contributed by atoms with E-state index in [9.17, 15) is 9.59 Å². The molecule has 53 heavy (non-hydrogen) atoms. The number of aromatic amines is 2. The number of rotatable bonds is 8. The van der Waals surface area contributed by atoms with Crippen molar-refractivity contribution in [3.63, 3.8) is 0 Å². The number of imidazole rings is 2. The second-order valence-electron chi connectivity index (χ2n) is 14.8. The molecular weight excluding hydrogens is 680 g/mol. The number of fused-ring (bicyclic) bond motifs is 6. The van der Waals surface area contributed by atoms with Crippen LogP contribution < -0.4 is 10.6 Å². The molecule has 4 aliphatic rings. The first-order chi connectivity index (χ1) is 25.6. The molecule has 9 rings (SSSR count). The summed E-state index contributed by atoms with van der Waals surface area (Å²) in [7, 11) is 2.75. The maximum Gasteiger partial charge on any atom is 0.407 e. The highest BCUT2D eigenvalue weighted by molar-refractivity contribution is 5.89. The number of piperidine rings is 1. The molecule has 2 aromatic heterocycles. The van der Waals surface area contributed by atoms with Gasteiger partial charge in [0.05, 0.1) is 48.2 Å². The van der Waals surface area contributed by atoms with Crippen LogP contribution in [0.5, 0.6) is 0 Å². The van der Waals surface area contributed by atoms with E-state index in [0.29, 0.717) is 33.6 Å². The first-order valence-corrected chi connectivity index (χ1v) is 18.3. The van der Waals surface area contributed by atoms with Gasteiger partial charge in [-0.3, -0.25) is 4.79 Å². The Kier molecular flexibility index (Phi) is 8.11. The molecule has 4 N–H and O–H groups in total. The average Bonchev–Trinajstić information content (AvgIpc) is 4.03. The summed E-state index contributed by atoms with van der Waals surface area (Å²) in [6.07, 6.45) is 5.19. The third kappa shape index (κ3) is 5.51. The molecule has 2 bridgehead atoms. The van der Waals surface area contributed by atoms with Crippen molar-refractivity contribution >= 4 is 23.0 Å². The molecule has 2 amide bonds. The molecule has 0 spiro atoms. The van der Waals surface area contributed by atoms with Crippen LogP contribution in [0.4, 0.5) is 13.6 Å². The van der Waals surface area contributed by atoms with E-state index in [0.717, 1.165) is 61.2 Å². The van der Waals surface area contributed by atoms with Crippen molar-refractivity contribution in [2.75, 3.05) is 20.8 Å². The maximum atomic E-state index is 16.3. The number of H-pyrrole nitrogens is 2. The predicted molar refractivity (Wildman–Crippen MR) is 194 cm³/mol. The summed E-state index contributed by atoms with van der Waals surface area (Å²) < 4.78 is 42.8. The Bertz CT molecular complexity index is 2240. The third-order valence-electron chi connectivity index (χ3n) is 11.8. The number of alkyl halides is 2. The van der Waals surface area contributed by atoms with Gasteiger partial charge in [0, 0.05) is 29.8 Å². The zero-order valence-electron chi connectivity index (χ0n) is 29.7. The Morgan fingerprint density at radius 1 is 0.943 bits per heavy atom. The highest BCUT2D eigenvalue weighted by Gasteiger charge is 2.52. The van der Waals surface area contributed by atoms with Gasteiger partial charge in [0.2, 0.25) is 5.91 Å². The number of halogens is 2. The first kappa shape index (κ1) is 33.7. The summed E-state index contributed by atoms with van der Waals surface area (Å²) >= 11 is 0. The molecule has 2 aliphatic carbocycles. The van der Waals surface area contributed by atoms with Gasteiger partial charge in [0.1, 0.15) is 17.7 Å². The van der Waals surface area contributed by atoms with Crippen LogP contribution in [-0.2, 0) is 20.2 Å². The molecule has 5 aromatic rings. The predicted octanol–water partition coefficient (Wildman–Crippen LogP) is 6.98. The molecule has 2 saturated heterocycles. The molecule has 2 aliphatic heterocycles. The topological polar surface area (TPSA) is 137 Å². The van der Waals surface area contributed by atoms with E-state index in [1.54, 1.807) is 37.4 Å². The van der Waals surface area contributed by atoms with E-state index in [1.807, 2.05) is 35.2 Å². The third-order valence-corrected chi connectivity index (χ3v) is 11.8. The minimum absolute atomic E-state index is 0.0140. The molecule has 3 fully saturated rings. The van der Waals surface area contributed by atoms with Crippen LogP contribution in [0.1, 0.15) is 73.9 Å². The van der Waals surface area contributed by atoms with E-state index >= 15 is 8.78 Å². The molecule has 1 saturated carbocycles. The van der Waals surface area contributed by atoms with Crippen LogP contribution >= 0.6 is 0 Å². The fraction of sp³-hybridized carbons (Fsp3) is 0.400. The van der Waals surface area contributed by atoms with E-state index in [1.165, 1.54) is 14.2 Å². The zero-order chi connectivity index (χ0) is 36.6. The van der Waals surface area contributed by atoms with Crippen LogP contribution in [-0.4, -0.2) is 75.8 Å². The maximum absolute atomic E-state index is 16.3. The van der Waals surface area contributed by atoms with Crippen molar-refractivity contribution < 1.29 is 27.8 Å². The van der Waals surface area contributed by atoms with Gasteiger partial charge in [-0.1, -0.05) is 30.3 Å². The van der Waals surface area contributed by atoms with Gasteiger partial charge in [-0.25, -0.2) is 14.8 Å². The van der Waals surface area contributed by atoms with Crippen LogP contribution in [0.2, 0.25) is 0 Å². The van der Waals surface area contributed by atoms with Crippen LogP contribution in [0.3, 0.4) is 0 Å². The minimum atomic E-state index is -3.18. The van der Waals surface area contributed by atoms with Crippen molar-refractivity contribution in [1.29, 1.82) is 0 Å². The smallest absolute Gasteiger partial charge is 0.407 e. The van der Waals surface area contributed by atoms with Crippen molar-refractivity contribution in [3.8, 4) is 33.5 Å². The van der Waals surface area contributed by atoms with Crippen LogP contribution in [0, 0.1) is 5.92 Å². The molecule has 3 aromatic carbocycles. The second kappa shape index (κ2) is 12.8. The lowest BCUT2D eigenvalue weighted by atomic mass is 9.97. The molecule has 274 valence electrons. The fourth-order valence-corrected chi connectivity index (χ4v) is 9.02. The van der Waals surface area contributed by atoms with Crippen molar-refractivity contribution in [1.82, 2.24) is 35.5 Å². The number of ether oxygens (including phenoxy) is 2. The second-order valence-corrected chi connectivity index (χ2v) is 14.8. The number of nitrogens with one attached hydrogen (secondary N) is 4. The standard InChI is InChI=1S/C40H41F2N7O4/c1-20(52-2)34(48-39(51)53-3)38(50)49-25-10-6-24(15-25)35(49)37-45-30-13-9-22(18-32(30)46-37)21-7-11-26-27-12-8-23(17-29(27)40(41,42)28(26)16-21)33-19-44-36(47-33)31-5-4-14-43-31/h7-9,11-13,16-20,24-25,31,34-35,43H,4-6,10,14-15H2,1-3H3,(H,44,47)(H,45,46)(H,48,51)/t20-,24+,25-,31+,34+,35+/m1/s1. The van der Waals surface area contributed by atoms with Crippen LogP contribution in [0.25, 0.3) is 44.5 Å². The molecule has 6 atom stereocenters. The summed E-state index contributed by atoms with van der Waals surface area (Å²) in [6.45, 7) is 2.68. The Balaban J connectivity index is 0.998. The molecule has 11 nitrogen and oxygen atoms in total. The van der Waals surface area contributed by atoms with Gasteiger partial charge in [-0.15, -0.1) is 0 Å². The Hall–Kier alpha value is -5.14. The number of nitrogens with zero attached hydrogens (tertiary/aromatic N) is 3. The monoisotopic (exact) mass is 721 g/mol. The van der Waals surface area contributed by atoms with Crippen molar-refractivity contribution in [3.05, 3.63) is 83.6 Å². The van der Waals surface area contributed by atoms with E-state index in [4.69, 9.17) is 14.5 Å². The summed E-state index contributed by atoms with van der Waals surface area (Å²) in [5.41, 5.74) is 5.30. The number of amides is 2. The number of carbonyl (C=O) groups excluding carboxylic acids is 2. The van der Waals surface area contributed by atoms with Crippen LogP contribution in [0.15, 0.2) is 60.8 Å². The van der Waals surface area contributed by atoms with Gasteiger partial charge < -0.3 is 35.0 Å². The fourth-order valence-electron chi connectivity index (χ4n) is 9.02. The lowest BCUT2D eigenvalue weighted by Gasteiger charge is -2.37. The van der Waals surface area contributed by atoms with Gasteiger partial charge in [-0.05, 0) is 98.0 Å². The van der Waals surface area contributed by atoms with Gasteiger partial charge in [0.15, 0.2) is 0 Å². The quantitative estimate of drug-likeness (QED) is 0.136. The van der Waals surface area contributed by atoms with Gasteiger partial charge >= 0.3 is 6.09 Å². The minimum Gasteiger partial charge on any atom is -0.453 e. The SMILES string of the molecule is COC(=O)N[C@H](C(=O)N1[C@@H]2CC[C@@H](C2)[C@H]1c1nc2ccc(-c3ccc4c(c3)C(F)(F)c3cc(-c5cnc([C@@H]6CCCN6)[nH]5)ccc3-4)cc2[nH]1)[C@@H](C)OC. The number of benzene rings is 3. The van der Waals surface area contributed by atoms with Gasteiger partial charge in [-0.2, -0.15) is 8.78 Å². The average molecular weight is 722 g/mol. The van der Waals surface area contributed by atoms with Crippen molar-refractivity contribution in [2.24, 2.45) is 5.92 Å². The molecule has 4 heterocycles. The van der Waals surface area contributed by atoms with E-state index in [-0.39, 0.29) is 41.1 Å². The Morgan fingerprint density at radius 3 is 2.42 bits per heavy atom. The summed E-state index contributed by atoms with van der Waals surface area (Å²) in [6, 6.07) is 15.1.